The van der Waals surface area contributed by atoms with Crippen molar-refractivity contribution in [3.05, 3.63) is 0 Å². The van der Waals surface area contributed by atoms with Crippen LogP contribution < -0.4 is 0 Å². The molecule has 0 N–H and O–H groups in total. The van der Waals surface area contributed by atoms with Gasteiger partial charge in [0.2, 0.25) is 0 Å². The smallest absolute Gasteiger partial charge is 0.326 e. The maximum Gasteiger partial charge on any atom is 0.326 e. The first-order valence-electron chi connectivity index (χ1n) is 2.44. The fraction of sp³-hybridized carbons (Fsp3) is 0.750. The summed E-state index contributed by atoms with van der Waals surface area (Å²) < 4.78 is 4.42. The van der Waals surface area contributed by atoms with Gasteiger partial charge in [0.25, 0.3) is 0 Å². The van der Waals surface area contributed by atoms with E-state index in [-0.39, 0.29) is 10.8 Å². The van der Waals surface area contributed by atoms with Crippen molar-refractivity contribution in [1.29, 1.82) is 0 Å². The van der Waals surface area contributed by atoms with Crippen molar-refractivity contribution < 1.29 is 9.45 Å². The molecule has 0 aliphatic heterocycles. The van der Waals surface area contributed by atoms with Gasteiger partial charge in [0.15, 0.2) is 0 Å². The topological polar surface area (TPSA) is 26.3 Å². The minimum atomic E-state index is -0.201. The highest BCUT2D eigenvalue weighted by atomic mass is 79.9. The molecule has 0 amide bonds. The lowest BCUT2D eigenvalue weighted by Crippen LogP contribution is -2.14. The zero-order valence-corrected chi connectivity index (χ0v) is 6.56. The Bertz CT molecular complexity index is 86.1. The summed E-state index contributed by atoms with van der Waals surface area (Å²) in [5.74, 6) is -0.201. The standard InChI is InChI=1S/C4H8BBrO2/c1-2-3(6)4(7)8-5/h3H,2,5H2,1H3/t3-/m1/s1. The average Bonchev–Trinajstić information content (AvgIpc) is 1.84. The van der Waals surface area contributed by atoms with Gasteiger partial charge in [-0.2, -0.15) is 0 Å². The van der Waals surface area contributed by atoms with E-state index in [4.69, 9.17) is 0 Å². The third-order valence-corrected chi connectivity index (χ3v) is 1.84. The van der Waals surface area contributed by atoms with Crippen LogP contribution >= 0.6 is 15.9 Å². The summed E-state index contributed by atoms with van der Waals surface area (Å²) in [5.41, 5.74) is 0. The second kappa shape index (κ2) is 3.95. The molecule has 0 aliphatic rings. The van der Waals surface area contributed by atoms with Crippen LogP contribution in [0.1, 0.15) is 13.3 Å². The van der Waals surface area contributed by atoms with Crippen LogP contribution in [0.2, 0.25) is 0 Å². The number of halogens is 1. The van der Waals surface area contributed by atoms with E-state index in [9.17, 15) is 4.79 Å². The first-order valence-corrected chi connectivity index (χ1v) is 3.35. The van der Waals surface area contributed by atoms with Crippen LogP contribution in [-0.2, 0) is 9.45 Å². The quantitative estimate of drug-likeness (QED) is 0.448. The maximum absolute atomic E-state index is 10.5. The van der Waals surface area contributed by atoms with Crippen LogP contribution in [0.3, 0.4) is 0 Å². The Hall–Kier alpha value is 0.0149. The molecule has 4 heteroatoms. The highest BCUT2D eigenvalue weighted by molar-refractivity contribution is 9.10. The van der Waals surface area contributed by atoms with E-state index in [1.54, 1.807) is 0 Å². The van der Waals surface area contributed by atoms with Gasteiger partial charge in [-0.1, -0.05) is 22.9 Å². The van der Waals surface area contributed by atoms with E-state index < -0.39 is 0 Å². The van der Waals surface area contributed by atoms with E-state index in [1.807, 2.05) is 6.92 Å². The third kappa shape index (κ3) is 2.35. The Kier molecular flexibility index (Phi) is 3.96. The molecule has 0 aromatic heterocycles. The number of carbonyl (C=O) groups excluding carboxylic acids is 1. The summed E-state index contributed by atoms with van der Waals surface area (Å²) in [6.07, 6.45) is 0.771. The molecule has 0 spiro atoms. The predicted octanol–water partition coefficient (Wildman–Crippen LogP) is 0.251. The zero-order chi connectivity index (χ0) is 6.57. The fourth-order valence-corrected chi connectivity index (χ4v) is 0.481. The van der Waals surface area contributed by atoms with Gasteiger partial charge in [-0.05, 0) is 6.42 Å². The molecule has 0 aromatic rings. The van der Waals surface area contributed by atoms with Crippen LogP contribution in [0.15, 0.2) is 0 Å². The molecule has 0 bridgehead atoms. The summed E-state index contributed by atoms with van der Waals surface area (Å²) in [6.45, 7) is 1.91. The molecule has 8 heavy (non-hydrogen) atoms. The highest BCUT2D eigenvalue weighted by Gasteiger charge is 2.09. The molecule has 1 atom stereocenters. The van der Waals surface area contributed by atoms with Gasteiger partial charge in [0, 0.05) is 0 Å². The fourth-order valence-electron chi connectivity index (χ4n) is 0.295. The normalized spacial score (nSPS) is 12.8. The van der Waals surface area contributed by atoms with Crippen molar-refractivity contribution in [2.75, 3.05) is 0 Å². The molecule has 0 unspecified atom stereocenters. The van der Waals surface area contributed by atoms with E-state index in [2.05, 4.69) is 20.6 Å². The van der Waals surface area contributed by atoms with Gasteiger partial charge in [-0.25, -0.2) is 0 Å². The molecule has 0 rings (SSSR count). The Balaban J connectivity index is 3.46. The van der Waals surface area contributed by atoms with Crippen LogP contribution in [-0.4, -0.2) is 18.8 Å². The molecule has 0 aromatic carbocycles. The molecule has 0 aliphatic carbocycles. The Labute approximate surface area is 58.2 Å². The van der Waals surface area contributed by atoms with E-state index in [1.165, 1.54) is 8.05 Å². The van der Waals surface area contributed by atoms with Crippen molar-refractivity contribution >= 4 is 29.9 Å². The molecule has 0 radical (unpaired) electrons. The van der Waals surface area contributed by atoms with Crippen LogP contribution in [0, 0.1) is 0 Å². The Morgan fingerprint density at radius 3 is 2.62 bits per heavy atom. The average molecular weight is 179 g/mol. The van der Waals surface area contributed by atoms with Gasteiger partial charge in [0.05, 0.1) is 0 Å². The summed E-state index contributed by atoms with van der Waals surface area (Å²) in [6, 6.07) is 0. The molecule has 46 valence electrons. The number of hydrogen-bond acceptors (Lipinski definition) is 2. The van der Waals surface area contributed by atoms with E-state index in [0.29, 0.717) is 0 Å². The van der Waals surface area contributed by atoms with Gasteiger partial charge in [0.1, 0.15) is 4.83 Å². The van der Waals surface area contributed by atoms with Crippen LogP contribution in [0.5, 0.6) is 0 Å². The van der Waals surface area contributed by atoms with Gasteiger partial charge < -0.3 is 4.65 Å². The lowest BCUT2D eigenvalue weighted by atomic mass is 10.3. The molecular formula is C4H8BBrO2. The van der Waals surface area contributed by atoms with E-state index in [0.717, 1.165) is 6.42 Å². The molecular weight excluding hydrogens is 171 g/mol. The molecule has 2 nitrogen and oxygen atoms in total. The number of rotatable bonds is 2. The summed E-state index contributed by atoms with van der Waals surface area (Å²) in [5, 5.41) is 0. The van der Waals surface area contributed by atoms with Crippen molar-refractivity contribution in [2.45, 2.75) is 18.2 Å². The van der Waals surface area contributed by atoms with Crippen LogP contribution in [0.25, 0.3) is 0 Å². The van der Waals surface area contributed by atoms with Gasteiger partial charge in [-0.15, -0.1) is 0 Å². The highest BCUT2D eigenvalue weighted by Crippen LogP contribution is 2.04. The molecule has 0 heterocycles. The molecule has 0 saturated carbocycles. The zero-order valence-electron chi connectivity index (χ0n) is 4.98. The molecule has 0 fully saturated rings. The summed E-state index contributed by atoms with van der Waals surface area (Å²) >= 11 is 3.13. The second-order valence-electron chi connectivity index (χ2n) is 1.40. The predicted molar refractivity (Wildman–Crippen MR) is 37.6 cm³/mol. The maximum atomic E-state index is 10.5. The van der Waals surface area contributed by atoms with Crippen molar-refractivity contribution in [3.8, 4) is 0 Å². The first-order chi connectivity index (χ1) is 3.72. The number of alkyl halides is 1. The third-order valence-electron chi connectivity index (χ3n) is 0.815. The van der Waals surface area contributed by atoms with E-state index >= 15 is 0 Å². The first kappa shape index (κ1) is 8.01. The minimum Gasteiger partial charge on any atom is -0.543 e. The summed E-state index contributed by atoms with van der Waals surface area (Å²) in [4.78, 5) is 10.3. The van der Waals surface area contributed by atoms with Crippen molar-refractivity contribution in [3.63, 3.8) is 0 Å². The number of hydrogen-bond donors (Lipinski definition) is 0. The summed E-state index contributed by atoms with van der Waals surface area (Å²) in [7, 11) is 1.38. The largest absolute Gasteiger partial charge is 0.543 e. The van der Waals surface area contributed by atoms with Gasteiger partial charge in [-0.3, -0.25) is 4.79 Å². The van der Waals surface area contributed by atoms with Crippen LogP contribution in [0.4, 0.5) is 0 Å². The molecule has 0 saturated heterocycles. The Morgan fingerprint density at radius 2 is 2.50 bits per heavy atom. The lowest BCUT2D eigenvalue weighted by Gasteiger charge is -2.01. The SMILES string of the molecule is BOC(=O)[C@H](Br)CC. The monoisotopic (exact) mass is 178 g/mol. The Morgan fingerprint density at radius 1 is 2.00 bits per heavy atom. The minimum absolute atomic E-state index is 0.132. The lowest BCUT2D eigenvalue weighted by molar-refractivity contribution is -0.133. The van der Waals surface area contributed by atoms with Crippen molar-refractivity contribution in [2.24, 2.45) is 0 Å². The van der Waals surface area contributed by atoms with Crippen molar-refractivity contribution in [1.82, 2.24) is 0 Å². The second-order valence-corrected chi connectivity index (χ2v) is 2.50. The number of carbonyl (C=O) groups is 1. The van der Waals surface area contributed by atoms with Gasteiger partial charge >= 0.3 is 14.0 Å².